The minimum Gasteiger partial charge on any atom is -0.320 e. The molecule has 0 saturated heterocycles. The van der Waals surface area contributed by atoms with Crippen molar-refractivity contribution in [3.8, 4) is 0 Å². The fourth-order valence-corrected chi connectivity index (χ4v) is 4.00. The lowest BCUT2D eigenvalue weighted by Gasteiger charge is -2.11. The smallest absolute Gasteiger partial charge is 0.265 e. The van der Waals surface area contributed by atoms with Gasteiger partial charge >= 0.3 is 0 Å². The Labute approximate surface area is 151 Å². The number of hydrogen-bond acceptors (Lipinski definition) is 6. The number of nitrogens with zero attached hydrogens (tertiary/aromatic N) is 4. The number of anilines is 1. The van der Waals surface area contributed by atoms with Crippen LogP contribution in [-0.4, -0.2) is 25.5 Å². The van der Waals surface area contributed by atoms with E-state index >= 15 is 0 Å². The summed E-state index contributed by atoms with van der Waals surface area (Å²) in [6.45, 7) is 1.92. The molecular formula is C17H13N5OS2. The summed E-state index contributed by atoms with van der Waals surface area (Å²) in [6.07, 6.45) is 1.48. The number of carbonyl (C=O) groups is 1. The normalized spacial score (nSPS) is 10.9. The van der Waals surface area contributed by atoms with Gasteiger partial charge in [0, 0.05) is 10.6 Å². The molecule has 124 valence electrons. The maximum atomic E-state index is 12.4. The molecule has 0 radical (unpaired) electrons. The number of fused-ring (bicyclic) bond motifs is 1. The first kappa shape index (κ1) is 15.8. The lowest BCUT2D eigenvalue weighted by atomic mass is 10.3. The molecule has 0 unspecified atom stereocenters. The number of benzene rings is 1. The topological polar surface area (TPSA) is 72.2 Å². The lowest BCUT2D eigenvalue weighted by Crippen LogP contribution is -2.10. The van der Waals surface area contributed by atoms with Crippen LogP contribution in [0.15, 0.2) is 64.1 Å². The summed E-state index contributed by atoms with van der Waals surface area (Å²) in [5.74, 6) is 0.447. The van der Waals surface area contributed by atoms with Gasteiger partial charge in [0.05, 0.1) is 10.6 Å². The second-order valence-electron chi connectivity index (χ2n) is 5.24. The summed E-state index contributed by atoms with van der Waals surface area (Å²) in [7, 11) is 0. The third kappa shape index (κ3) is 3.26. The Kier molecular flexibility index (Phi) is 4.21. The molecule has 4 rings (SSSR count). The van der Waals surface area contributed by atoms with E-state index in [0.29, 0.717) is 10.7 Å². The van der Waals surface area contributed by atoms with E-state index in [1.54, 1.807) is 10.6 Å². The van der Waals surface area contributed by atoms with Crippen molar-refractivity contribution < 1.29 is 4.79 Å². The van der Waals surface area contributed by atoms with Crippen LogP contribution in [0.3, 0.4) is 0 Å². The molecule has 1 aromatic carbocycles. The lowest BCUT2D eigenvalue weighted by molar-refractivity contribution is 0.103. The third-order valence-corrected chi connectivity index (χ3v) is 5.39. The van der Waals surface area contributed by atoms with Crippen LogP contribution in [-0.2, 0) is 0 Å². The summed E-state index contributed by atoms with van der Waals surface area (Å²) >= 11 is 2.93. The van der Waals surface area contributed by atoms with Crippen molar-refractivity contribution in [1.82, 2.24) is 19.6 Å². The third-order valence-electron chi connectivity index (χ3n) is 3.44. The molecule has 3 aromatic heterocycles. The minimum atomic E-state index is -0.111. The predicted molar refractivity (Wildman–Crippen MR) is 98.4 cm³/mol. The molecule has 0 atom stereocenters. The molecule has 0 fully saturated rings. The van der Waals surface area contributed by atoms with Gasteiger partial charge in [-0.25, -0.2) is 4.98 Å². The van der Waals surface area contributed by atoms with Gasteiger partial charge in [-0.15, -0.1) is 11.3 Å². The average molecular weight is 367 g/mol. The Morgan fingerprint density at radius 2 is 2.12 bits per heavy atom. The Balaban J connectivity index is 1.67. The SMILES string of the molecule is Cc1cc(Sc2ccccc2NC(=O)c2cccs2)n2ncnc2n1. The summed E-state index contributed by atoms with van der Waals surface area (Å²) in [4.78, 5) is 22.5. The van der Waals surface area contributed by atoms with Gasteiger partial charge in [-0.1, -0.05) is 30.0 Å². The molecule has 1 amide bonds. The van der Waals surface area contributed by atoms with Crippen LogP contribution in [0.25, 0.3) is 5.78 Å². The number of hydrogen-bond donors (Lipinski definition) is 1. The highest BCUT2D eigenvalue weighted by atomic mass is 32.2. The fraction of sp³-hybridized carbons (Fsp3) is 0.0588. The molecule has 0 aliphatic heterocycles. The van der Waals surface area contributed by atoms with E-state index in [-0.39, 0.29) is 5.91 Å². The Hall–Kier alpha value is -2.71. The van der Waals surface area contributed by atoms with Crippen LogP contribution in [0.1, 0.15) is 15.4 Å². The van der Waals surface area contributed by atoms with Crippen molar-refractivity contribution in [3.05, 3.63) is 64.7 Å². The van der Waals surface area contributed by atoms with Crippen LogP contribution < -0.4 is 5.32 Å². The molecular weight excluding hydrogens is 354 g/mol. The molecule has 0 saturated carbocycles. The first-order valence-electron chi connectivity index (χ1n) is 7.50. The Morgan fingerprint density at radius 1 is 1.24 bits per heavy atom. The average Bonchev–Trinajstić information content (AvgIpc) is 3.27. The van der Waals surface area contributed by atoms with Gasteiger partial charge < -0.3 is 5.32 Å². The zero-order valence-corrected chi connectivity index (χ0v) is 14.8. The molecule has 6 nitrogen and oxygen atoms in total. The fourth-order valence-electron chi connectivity index (χ4n) is 2.33. The van der Waals surface area contributed by atoms with Crippen molar-refractivity contribution in [3.63, 3.8) is 0 Å². The standard InChI is InChI=1S/C17H13N5OS2/c1-11-9-15(22-17(20-11)18-10-19-22)25-13-6-3-2-5-12(13)21-16(23)14-7-4-8-24-14/h2-10H,1H3,(H,21,23). The Bertz CT molecular complexity index is 1040. The molecule has 0 aliphatic carbocycles. The predicted octanol–water partition coefficient (Wildman–Crippen LogP) is 3.90. The van der Waals surface area contributed by atoms with Crippen molar-refractivity contribution >= 4 is 40.5 Å². The monoisotopic (exact) mass is 367 g/mol. The van der Waals surface area contributed by atoms with Crippen molar-refractivity contribution in [2.75, 3.05) is 5.32 Å². The van der Waals surface area contributed by atoms with E-state index in [9.17, 15) is 4.79 Å². The Morgan fingerprint density at radius 3 is 2.96 bits per heavy atom. The van der Waals surface area contributed by atoms with Gasteiger partial charge in [-0.3, -0.25) is 4.79 Å². The van der Waals surface area contributed by atoms with Gasteiger partial charge in [-0.05, 0) is 36.6 Å². The number of para-hydroxylation sites is 1. The van der Waals surface area contributed by atoms with Gasteiger partial charge in [0.25, 0.3) is 11.7 Å². The maximum Gasteiger partial charge on any atom is 0.265 e. The van der Waals surface area contributed by atoms with Crippen LogP contribution in [0.2, 0.25) is 0 Å². The van der Waals surface area contributed by atoms with E-state index < -0.39 is 0 Å². The van der Waals surface area contributed by atoms with E-state index in [0.717, 1.165) is 21.3 Å². The molecule has 8 heteroatoms. The first-order chi connectivity index (χ1) is 12.2. The zero-order valence-electron chi connectivity index (χ0n) is 13.2. The van der Waals surface area contributed by atoms with Crippen molar-refractivity contribution in [1.29, 1.82) is 0 Å². The quantitative estimate of drug-likeness (QED) is 0.554. The highest BCUT2D eigenvalue weighted by molar-refractivity contribution is 7.99. The molecule has 0 spiro atoms. The highest BCUT2D eigenvalue weighted by Gasteiger charge is 2.13. The van der Waals surface area contributed by atoms with E-state index in [2.05, 4.69) is 20.4 Å². The molecule has 3 heterocycles. The van der Waals surface area contributed by atoms with Crippen LogP contribution in [0.5, 0.6) is 0 Å². The van der Waals surface area contributed by atoms with Crippen LogP contribution in [0, 0.1) is 6.92 Å². The summed E-state index contributed by atoms with van der Waals surface area (Å²) in [5.41, 5.74) is 1.62. The van der Waals surface area contributed by atoms with Gasteiger partial charge in [0.2, 0.25) is 0 Å². The highest BCUT2D eigenvalue weighted by Crippen LogP contribution is 2.33. The number of rotatable bonds is 4. The maximum absolute atomic E-state index is 12.4. The number of thiophene rings is 1. The van der Waals surface area contributed by atoms with E-state index in [1.165, 1.54) is 29.4 Å². The number of carbonyl (C=O) groups excluding carboxylic acids is 1. The second-order valence-corrected chi connectivity index (χ2v) is 7.25. The number of nitrogens with one attached hydrogen (secondary N) is 1. The largest absolute Gasteiger partial charge is 0.320 e. The van der Waals surface area contributed by atoms with Crippen LogP contribution in [0.4, 0.5) is 5.69 Å². The summed E-state index contributed by atoms with van der Waals surface area (Å²) in [5, 5.41) is 9.98. The zero-order chi connectivity index (χ0) is 17.2. The molecule has 25 heavy (non-hydrogen) atoms. The van der Waals surface area contributed by atoms with Crippen LogP contribution >= 0.6 is 23.1 Å². The number of aryl methyl sites for hydroxylation is 1. The van der Waals surface area contributed by atoms with Crippen molar-refractivity contribution in [2.24, 2.45) is 0 Å². The summed E-state index contributed by atoms with van der Waals surface area (Å²) in [6, 6.07) is 13.3. The first-order valence-corrected chi connectivity index (χ1v) is 9.19. The van der Waals surface area contributed by atoms with Crippen molar-refractivity contribution in [2.45, 2.75) is 16.8 Å². The molecule has 4 aromatic rings. The summed E-state index contributed by atoms with van der Waals surface area (Å²) < 4.78 is 1.69. The second kappa shape index (κ2) is 6.66. The molecule has 0 aliphatic rings. The van der Waals surface area contributed by atoms with E-state index in [1.807, 2.05) is 48.7 Å². The van der Waals surface area contributed by atoms with Gasteiger partial charge in [-0.2, -0.15) is 14.6 Å². The van der Waals surface area contributed by atoms with Gasteiger partial charge in [0.1, 0.15) is 11.4 Å². The number of amides is 1. The molecule has 0 bridgehead atoms. The number of aromatic nitrogens is 4. The van der Waals surface area contributed by atoms with Gasteiger partial charge in [0.15, 0.2) is 0 Å². The molecule has 1 N–H and O–H groups in total. The van der Waals surface area contributed by atoms with E-state index in [4.69, 9.17) is 0 Å². The minimum absolute atomic E-state index is 0.111.